The van der Waals surface area contributed by atoms with Crippen LogP contribution in [-0.4, -0.2) is 23.2 Å². The Morgan fingerprint density at radius 1 is 1.19 bits per heavy atom. The van der Waals surface area contributed by atoms with Gasteiger partial charge in [-0.25, -0.2) is 0 Å². The van der Waals surface area contributed by atoms with E-state index in [1.807, 2.05) is 30.5 Å². The molecule has 0 amide bonds. The van der Waals surface area contributed by atoms with Crippen molar-refractivity contribution in [3.63, 3.8) is 0 Å². The average molecular weight is 286 g/mol. The van der Waals surface area contributed by atoms with E-state index >= 15 is 0 Å². The highest BCUT2D eigenvalue weighted by Crippen LogP contribution is 2.25. The van der Waals surface area contributed by atoms with Crippen molar-refractivity contribution in [3.05, 3.63) is 36.5 Å². The molecule has 1 aromatic heterocycles. The lowest BCUT2D eigenvalue weighted by atomic mass is 10.1. The second-order valence-corrected chi connectivity index (χ2v) is 6.57. The lowest BCUT2D eigenvalue weighted by Crippen LogP contribution is -2.36. The predicted molar refractivity (Wildman–Crippen MR) is 88.8 cm³/mol. The Balaban J connectivity index is 1.88. The number of pyridine rings is 1. The molecule has 2 aromatic rings. The second kappa shape index (κ2) is 6.90. The Morgan fingerprint density at radius 3 is 2.76 bits per heavy atom. The van der Waals surface area contributed by atoms with Gasteiger partial charge in [0.15, 0.2) is 0 Å². The van der Waals surface area contributed by atoms with E-state index in [1.165, 1.54) is 0 Å². The molecule has 1 unspecified atom stereocenters. The zero-order valence-corrected chi connectivity index (χ0v) is 13.5. The fraction of sp³-hybridized carbons (Fsp3) is 0.500. The maximum Gasteiger partial charge on any atom is 0.129 e. The van der Waals surface area contributed by atoms with Crippen LogP contribution in [0.2, 0.25) is 0 Å². The van der Waals surface area contributed by atoms with Crippen LogP contribution in [0.3, 0.4) is 0 Å². The topological polar surface area (TPSA) is 34.1 Å². The third-order valence-corrected chi connectivity index (χ3v) is 3.38. The summed E-state index contributed by atoms with van der Waals surface area (Å²) in [4.78, 5) is 4.36. The summed E-state index contributed by atoms with van der Waals surface area (Å²) in [5.41, 5.74) is 1.17. The third kappa shape index (κ3) is 5.01. The van der Waals surface area contributed by atoms with Crippen molar-refractivity contribution < 1.29 is 4.74 Å². The average Bonchev–Trinajstić information content (AvgIpc) is 2.43. The molecular formula is C18H26N2O. The highest BCUT2D eigenvalue weighted by molar-refractivity contribution is 5.84. The standard InChI is InChI=1S/C18H26N2O/c1-14(8-6-13-20-18(2,3)4)21-17-11-5-10-16-15(17)9-7-12-19-16/h5,7,9-12,14,20H,6,8,13H2,1-4H3. The molecule has 0 radical (unpaired) electrons. The molecule has 3 heteroatoms. The Morgan fingerprint density at radius 2 is 2.00 bits per heavy atom. The first kappa shape index (κ1) is 15.8. The number of nitrogens with zero attached hydrogens (tertiary/aromatic N) is 1. The zero-order valence-electron chi connectivity index (χ0n) is 13.5. The maximum atomic E-state index is 6.09. The molecule has 1 atom stereocenters. The van der Waals surface area contributed by atoms with E-state index in [4.69, 9.17) is 4.74 Å². The Hall–Kier alpha value is -1.61. The lowest BCUT2D eigenvalue weighted by molar-refractivity contribution is 0.208. The van der Waals surface area contributed by atoms with E-state index in [2.05, 4.69) is 44.1 Å². The molecular weight excluding hydrogens is 260 g/mol. The molecule has 0 aliphatic heterocycles. The number of nitrogens with one attached hydrogen (secondary N) is 1. The minimum atomic E-state index is 0.186. The number of hydrogen-bond acceptors (Lipinski definition) is 3. The summed E-state index contributed by atoms with van der Waals surface area (Å²) in [7, 11) is 0. The minimum Gasteiger partial charge on any atom is -0.490 e. The van der Waals surface area contributed by atoms with Crippen molar-refractivity contribution >= 4 is 10.9 Å². The van der Waals surface area contributed by atoms with Gasteiger partial charge in [0.1, 0.15) is 5.75 Å². The molecule has 1 heterocycles. The van der Waals surface area contributed by atoms with Gasteiger partial charge >= 0.3 is 0 Å². The monoisotopic (exact) mass is 286 g/mol. The minimum absolute atomic E-state index is 0.186. The summed E-state index contributed by atoms with van der Waals surface area (Å²) in [5.74, 6) is 0.928. The number of ether oxygens (including phenoxy) is 1. The van der Waals surface area contributed by atoms with Crippen LogP contribution >= 0.6 is 0 Å². The highest BCUT2D eigenvalue weighted by Gasteiger charge is 2.10. The van der Waals surface area contributed by atoms with Crippen LogP contribution < -0.4 is 10.1 Å². The first-order valence-electron chi connectivity index (χ1n) is 7.71. The Labute approximate surface area is 127 Å². The molecule has 21 heavy (non-hydrogen) atoms. The summed E-state index contributed by atoms with van der Waals surface area (Å²) in [6.07, 6.45) is 4.17. The maximum absolute atomic E-state index is 6.09. The van der Waals surface area contributed by atoms with E-state index in [0.717, 1.165) is 36.0 Å². The van der Waals surface area contributed by atoms with Gasteiger partial charge in [0, 0.05) is 17.1 Å². The first-order chi connectivity index (χ1) is 9.96. The van der Waals surface area contributed by atoms with Gasteiger partial charge in [-0.15, -0.1) is 0 Å². The van der Waals surface area contributed by atoms with Gasteiger partial charge in [0.2, 0.25) is 0 Å². The number of fused-ring (bicyclic) bond motifs is 1. The SMILES string of the molecule is CC(CCCNC(C)(C)C)Oc1cccc2ncccc12. The van der Waals surface area contributed by atoms with E-state index in [-0.39, 0.29) is 11.6 Å². The quantitative estimate of drug-likeness (QED) is 0.809. The largest absolute Gasteiger partial charge is 0.490 e. The highest BCUT2D eigenvalue weighted by atomic mass is 16.5. The van der Waals surface area contributed by atoms with Crippen LogP contribution in [0, 0.1) is 0 Å². The van der Waals surface area contributed by atoms with Crippen molar-refractivity contribution in [1.29, 1.82) is 0 Å². The van der Waals surface area contributed by atoms with Gasteiger partial charge < -0.3 is 10.1 Å². The predicted octanol–water partition coefficient (Wildman–Crippen LogP) is 4.17. The summed E-state index contributed by atoms with van der Waals surface area (Å²) in [5, 5.41) is 4.59. The number of benzene rings is 1. The molecule has 2 rings (SSSR count). The molecule has 0 spiro atoms. The number of hydrogen-bond donors (Lipinski definition) is 1. The second-order valence-electron chi connectivity index (χ2n) is 6.57. The zero-order chi connectivity index (χ0) is 15.3. The van der Waals surface area contributed by atoms with Crippen LogP contribution in [0.1, 0.15) is 40.5 Å². The molecule has 0 bridgehead atoms. The smallest absolute Gasteiger partial charge is 0.129 e. The fourth-order valence-corrected chi connectivity index (χ4v) is 2.31. The molecule has 114 valence electrons. The van der Waals surface area contributed by atoms with Crippen molar-refractivity contribution in [2.75, 3.05) is 6.54 Å². The number of rotatable bonds is 6. The van der Waals surface area contributed by atoms with E-state index in [1.54, 1.807) is 0 Å². The van der Waals surface area contributed by atoms with Gasteiger partial charge in [0.25, 0.3) is 0 Å². The molecule has 1 aromatic carbocycles. The normalized spacial score (nSPS) is 13.3. The van der Waals surface area contributed by atoms with E-state index in [9.17, 15) is 0 Å². The number of aromatic nitrogens is 1. The van der Waals surface area contributed by atoms with E-state index < -0.39 is 0 Å². The Kier molecular flexibility index (Phi) is 5.18. The first-order valence-corrected chi connectivity index (χ1v) is 7.71. The summed E-state index contributed by atoms with van der Waals surface area (Å²) >= 11 is 0. The molecule has 3 nitrogen and oxygen atoms in total. The third-order valence-electron chi connectivity index (χ3n) is 3.38. The molecule has 0 aliphatic carbocycles. The Bertz CT molecular complexity index is 569. The summed E-state index contributed by atoms with van der Waals surface area (Å²) in [6, 6.07) is 10.0. The van der Waals surface area contributed by atoms with Crippen LogP contribution in [0.25, 0.3) is 10.9 Å². The van der Waals surface area contributed by atoms with Crippen LogP contribution in [0.15, 0.2) is 36.5 Å². The van der Waals surface area contributed by atoms with Gasteiger partial charge in [0.05, 0.1) is 11.6 Å². The van der Waals surface area contributed by atoms with Crippen molar-refractivity contribution in [2.24, 2.45) is 0 Å². The fourth-order valence-electron chi connectivity index (χ4n) is 2.31. The lowest BCUT2D eigenvalue weighted by Gasteiger charge is -2.21. The van der Waals surface area contributed by atoms with Crippen molar-refractivity contribution in [3.8, 4) is 5.75 Å². The van der Waals surface area contributed by atoms with Crippen LogP contribution in [-0.2, 0) is 0 Å². The molecule has 0 saturated carbocycles. The summed E-state index contributed by atoms with van der Waals surface area (Å²) < 4.78 is 6.09. The van der Waals surface area contributed by atoms with Crippen molar-refractivity contribution in [1.82, 2.24) is 10.3 Å². The van der Waals surface area contributed by atoms with Gasteiger partial charge in [-0.3, -0.25) is 4.98 Å². The molecule has 0 saturated heterocycles. The van der Waals surface area contributed by atoms with Gasteiger partial charge in [-0.2, -0.15) is 0 Å². The van der Waals surface area contributed by atoms with Gasteiger partial charge in [-0.05, 0) is 71.3 Å². The van der Waals surface area contributed by atoms with Crippen LogP contribution in [0.4, 0.5) is 0 Å². The van der Waals surface area contributed by atoms with Crippen LogP contribution in [0.5, 0.6) is 5.75 Å². The van der Waals surface area contributed by atoms with Crippen molar-refractivity contribution in [2.45, 2.75) is 52.2 Å². The molecule has 0 fully saturated rings. The van der Waals surface area contributed by atoms with Gasteiger partial charge in [-0.1, -0.05) is 6.07 Å². The molecule has 1 N–H and O–H groups in total. The summed E-state index contributed by atoms with van der Waals surface area (Å²) in [6.45, 7) is 9.72. The molecule has 0 aliphatic rings. The van der Waals surface area contributed by atoms with E-state index in [0.29, 0.717) is 0 Å².